The molecule has 0 aliphatic rings. The van der Waals surface area contributed by atoms with Crippen molar-refractivity contribution >= 4 is 51.6 Å². The molecule has 0 radical (unpaired) electrons. The third-order valence-corrected chi connectivity index (χ3v) is 9.71. The molecule has 196 valence electrons. The van der Waals surface area contributed by atoms with Gasteiger partial charge in [-0.1, -0.05) is 109 Å². The van der Waals surface area contributed by atoms with Crippen LogP contribution in [-0.4, -0.2) is 0 Å². The fourth-order valence-electron chi connectivity index (χ4n) is 5.77. The first-order valence-corrected chi connectivity index (χ1v) is 14.9. The highest BCUT2D eigenvalue weighted by molar-refractivity contribution is 7.39. The summed E-state index contributed by atoms with van der Waals surface area (Å²) in [4.78, 5) is 0. The van der Waals surface area contributed by atoms with Crippen LogP contribution in [0.25, 0.3) is 43.5 Å². The quantitative estimate of drug-likeness (QED) is 0.218. The van der Waals surface area contributed by atoms with Crippen LogP contribution in [-0.2, 0) is 0 Å². The van der Waals surface area contributed by atoms with E-state index in [0.717, 1.165) is 11.2 Å². The molecule has 0 N–H and O–H groups in total. The Morgan fingerprint density at radius 3 is 1.38 bits per heavy atom. The summed E-state index contributed by atoms with van der Waals surface area (Å²) in [5.41, 5.74) is 4.05. The highest BCUT2D eigenvalue weighted by Gasteiger charge is 2.28. The van der Waals surface area contributed by atoms with E-state index in [1.807, 2.05) is 0 Å². The summed E-state index contributed by atoms with van der Waals surface area (Å²) in [6.45, 7) is 4.48. The van der Waals surface area contributed by atoms with Gasteiger partial charge >= 0.3 is 8.16 Å². The van der Waals surface area contributed by atoms with Gasteiger partial charge in [0.25, 0.3) is 0 Å². The van der Waals surface area contributed by atoms with E-state index in [-0.39, 0.29) is 12.1 Å². The van der Waals surface area contributed by atoms with E-state index in [2.05, 4.69) is 152 Å². The average Bonchev–Trinajstić information content (AvgIpc) is 3.03. The van der Waals surface area contributed by atoms with Crippen molar-refractivity contribution in [2.75, 3.05) is 4.67 Å². The summed E-state index contributed by atoms with van der Waals surface area (Å²) in [6.07, 6.45) is 0. The summed E-state index contributed by atoms with van der Waals surface area (Å²) in [5.74, 6) is 0. The first kappa shape index (κ1) is 24.7. The molecule has 7 aromatic rings. The Hall–Kier alpha value is -4.30. The van der Waals surface area contributed by atoms with Crippen LogP contribution in [0.1, 0.15) is 37.1 Å². The highest BCUT2D eigenvalue weighted by Crippen LogP contribution is 2.44. The Kier molecular flexibility index (Phi) is 6.40. The lowest BCUT2D eigenvalue weighted by Crippen LogP contribution is -2.27. The van der Waals surface area contributed by atoms with Crippen LogP contribution >= 0.6 is 8.16 Å². The van der Waals surface area contributed by atoms with Crippen molar-refractivity contribution in [2.24, 2.45) is 0 Å². The minimum Gasteiger partial charge on any atom is -0.408 e. The molecule has 1 heterocycles. The minimum atomic E-state index is -1.56. The van der Waals surface area contributed by atoms with Crippen molar-refractivity contribution in [3.8, 4) is 0 Å². The molecule has 1 aromatic heterocycles. The van der Waals surface area contributed by atoms with Crippen molar-refractivity contribution in [3.05, 3.63) is 145 Å². The fourth-order valence-corrected chi connectivity index (χ4v) is 7.41. The lowest BCUT2D eigenvalue weighted by Gasteiger charge is -2.31. The number of nitrogens with zero attached hydrogens (tertiary/aromatic N) is 1. The van der Waals surface area contributed by atoms with Crippen LogP contribution in [0.2, 0.25) is 0 Å². The van der Waals surface area contributed by atoms with Crippen LogP contribution in [0.4, 0.5) is 0 Å². The molecular formula is C36H30NO2P. The van der Waals surface area contributed by atoms with Crippen molar-refractivity contribution in [1.29, 1.82) is 0 Å². The predicted octanol–water partition coefficient (Wildman–Crippen LogP) is 11.1. The lowest BCUT2D eigenvalue weighted by atomic mass is 9.99. The molecule has 0 aliphatic carbocycles. The molecule has 4 heteroatoms. The Balaban J connectivity index is 1.58. The molecule has 4 bridgehead atoms. The summed E-state index contributed by atoms with van der Waals surface area (Å²) < 4.78 is 16.2. The zero-order valence-electron chi connectivity index (χ0n) is 22.6. The number of fused-ring (bicyclic) bond motifs is 3. The largest absolute Gasteiger partial charge is 0.408 e. The molecular weight excluding hydrogens is 509 g/mol. The Morgan fingerprint density at radius 2 is 0.925 bits per heavy atom. The van der Waals surface area contributed by atoms with E-state index in [1.54, 1.807) is 0 Å². The maximum atomic E-state index is 6.90. The molecule has 0 fully saturated rings. The second-order valence-electron chi connectivity index (χ2n) is 10.4. The molecule has 0 spiro atoms. The number of hydrogen-bond acceptors (Lipinski definition) is 3. The van der Waals surface area contributed by atoms with E-state index in [0.29, 0.717) is 0 Å². The van der Waals surface area contributed by atoms with Crippen molar-refractivity contribution in [2.45, 2.75) is 25.9 Å². The summed E-state index contributed by atoms with van der Waals surface area (Å²) in [6, 6.07) is 47.1. The van der Waals surface area contributed by atoms with Gasteiger partial charge in [0.2, 0.25) is 0 Å². The Morgan fingerprint density at radius 1 is 0.475 bits per heavy atom. The van der Waals surface area contributed by atoms with Crippen molar-refractivity contribution in [3.63, 3.8) is 0 Å². The molecule has 7 rings (SSSR count). The van der Waals surface area contributed by atoms with Crippen LogP contribution in [0.3, 0.4) is 0 Å². The van der Waals surface area contributed by atoms with Gasteiger partial charge in [0.15, 0.2) is 0 Å². The van der Waals surface area contributed by atoms with E-state index in [4.69, 9.17) is 8.39 Å². The van der Waals surface area contributed by atoms with E-state index >= 15 is 0 Å². The summed E-state index contributed by atoms with van der Waals surface area (Å²) >= 11 is 0. The number of hydrogen-bond donors (Lipinski definition) is 0. The van der Waals surface area contributed by atoms with Gasteiger partial charge in [0.1, 0.15) is 11.2 Å². The van der Waals surface area contributed by atoms with E-state index in [1.165, 1.54) is 43.4 Å². The SMILES string of the molecule is C[C@H](c1ccccc1)N([C@H](C)c1ccccc1)p1oc2ccc3cccc(c3c2)c2cccc3ccc(cc32)o1. The normalized spacial score (nSPS) is 13.3. The van der Waals surface area contributed by atoms with Gasteiger partial charge in [0, 0.05) is 12.1 Å². The lowest BCUT2D eigenvalue weighted by molar-refractivity contribution is 0.556. The van der Waals surface area contributed by atoms with Gasteiger partial charge in [-0.05, 0) is 81.6 Å². The molecule has 3 nitrogen and oxygen atoms in total. The van der Waals surface area contributed by atoms with Gasteiger partial charge in [0.05, 0.1) is 0 Å². The molecule has 6 aromatic carbocycles. The summed E-state index contributed by atoms with van der Waals surface area (Å²) in [5, 5.41) is 7.12. The fraction of sp³-hybridized carbons (Fsp3) is 0.111. The second-order valence-corrected chi connectivity index (χ2v) is 11.7. The van der Waals surface area contributed by atoms with Crippen molar-refractivity contribution in [1.82, 2.24) is 0 Å². The van der Waals surface area contributed by atoms with Gasteiger partial charge in [-0.15, -0.1) is 0 Å². The maximum absolute atomic E-state index is 6.90. The number of rotatable bonds is 5. The maximum Gasteiger partial charge on any atom is 0.310 e. The molecule has 40 heavy (non-hydrogen) atoms. The standard InChI is InChI=1S/C36H30NO2P/c1-25(27-11-5-3-6-12-27)37(26(2)28-13-7-4-8-14-28)40-38-31-21-19-29-15-9-17-33(35(29)23-31)34-18-10-16-30-20-22-32(39-40)24-36(30)34/h3-26H,1-2H3/t25-,26-/m1/s1. The third kappa shape index (κ3) is 4.48. The van der Waals surface area contributed by atoms with Gasteiger partial charge < -0.3 is 8.39 Å². The van der Waals surface area contributed by atoms with Gasteiger partial charge in [-0.3, -0.25) is 0 Å². The molecule has 2 atom stereocenters. The van der Waals surface area contributed by atoms with Crippen LogP contribution in [0.5, 0.6) is 0 Å². The van der Waals surface area contributed by atoms with Crippen molar-refractivity contribution < 1.29 is 8.39 Å². The smallest absolute Gasteiger partial charge is 0.310 e. The topological polar surface area (TPSA) is 29.5 Å². The van der Waals surface area contributed by atoms with E-state index < -0.39 is 8.16 Å². The molecule has 0 amide bonds. The molecule has 0 unspecified atom stereocenters. The molecule has 0 saturated carbocycles. The summed E-state index contributed by atoms with van der Waals surface area (Å²) in [7, 11) is -1.56. The second kappa shape index (κ2) is 10.4. The van der Waals surface area contributed by atoms with Gasteiger partial charge in [-0.2, -0.15) is 4.67 Å². The zero-order valence-corrected chi connectivity index (χ0v) is 23.5. The first-order chi connectivity index (χ1) is 19.7. The first-order valence-electron chi connectivity index (χ1n) is 13.8. The third-order valence-electron chi connectivity index (χ3n) is 7.91. The van der Waals surface area contributed by atoms with Crippen LogP contribution < -0.4 is 4.67 Å². The van der Waals surface area contributed by atoms with Crippen LogP contribution in [0.15, 0.2) is 142 Å². The molecule has 0 saturated heterocycles. The Bertz CT molecular complexity index is 1860. The van der Waals surface area contributed by atoms with Gasteiger partial charge in [-0.25, -0.2) is 0 Å². The highest BCUT2D eigenvalue weighted by atomic mass is 31.1. The minimum absolute atomic E-state index is 0.0414. The van der Waals surface area contributed by atoms with Crippen LogP contribution in [0, 0.1) is 0 Å². The molecule has 0 aliphatic heterocycles. The monoisotopic (exact) mass is 539 g/mol. The zero-order chi connectivity index (χ0) is 27.1. The Labute approximate surface area is 234 Å². The number of benzene rings is 6. The predicted molar refractivity (Wildman–Crippen MR) is 169 cm³/mol. The van der Waals surface area contributed by atoms with E-state index in [9.17, 15) is 0 Å². The average molecular weight is 540 g/mol.